The quantitative estimate of drug-likeness (QED) is 0.839. The van der Waals surface area contributed by atoms with Gasteiger partial charge < -0.3 is 10.2 Å². The summed E-state index contributed by atoms with van der Waals surface area (Å²) in [5.41, 5.74) is 0.334. The average Bonchev–Trinajstić information content (AvgIpc) is 2.12. The van der Waals surface area contributed by atoms with Crippen LogP contribution in [0.3, 0.4) is 0 Å². The number of benzene rings is 1. The van der Waals surface area contributed by atoms with Crippen molar-refractivity contribution < 1.29 is 19.4 Å². The third-order valence-electron chi connectivity index (χ3n) is 1.94. The summed E-state index contributed by atoms with van der Waals surface area (Å²) < 4.78 is 12.9. The Hall–Kier alpha value is -1.29. The summed E-state index contributed by atoms with van der Waals surface area (Å²) in [7, 11) is 0. The molecule has 0 fully saturated rings. The summed E-state index contributed by atoms with van der Waals surface area (Å²) in [6, 6.07) is 2.17. The molecular formula is C10H10ClFO3. The summed E-state index contributed by atoms with van der Waals surface area (Å²) in [5, 5.41) is 17.8. The summed E-state index contributed by atoms with van der Waals surface area (Å²) >= 11 is 5.55. The molecule has 0 aliphatic carbocycles. The van der Waals surface area contributed by atoms with Crippen LogP contribution in [-0.4, -0.2) is 16.2 Å². The van der Waals surface area contributed by atoms with Crippen molar-refractivity contribution in [2.24, 2.45) is 0 Å². The SMILES string of the molecule is O=C(O)CCCc1cc(F)cc(Cl)c1O. The number of carbonyl (C=O) groups is 1. The van der Waals surface area contributed by atoms with Crippen LogP contribution in [0.15, 0.2) is 12.1 Å². The molecule has 2 N–H and O–H groups in total. The number of hydrogen-bond acceptors (Lipinski definition) is 2. The monoisotopic (exact) mass is 232 g/mol. The van der Waals surface area contributed by atoms with E-state index in [9.17, 15) is 14.3 Å². The molecule has 0 aromatic heterocycles. The van der Waals surface area contributed by atoms with Gasteiger partial charge in [-0.05, 0) is 30.5 Å². The highest BCUT2D eigenvalue weighted by Gasteiger charge is 2.09. The maximum Gasteiger partial charge on any atom is 0.303 e. The van der Waals surface area contributed by atoms with Gasteiger partial charge in [0.25, 0.3) is 0 Å². The van der Waals surface area contributed by atoms with Crippen molar-refractivity contribution >= 4 is 17.6 Å². The molecule has 15 heavy (non-hydrogen) atoms. The second-order valence-corrected chi connectivity index (χ2v) is 3.55. The highest BCUT2D eigenvalue weighted by molar-refractivity contribution is 6.32. The van der Waals surface area contributed by atoms with Gasteiger partial charge in [0.15, 0.2) is 0 Å². The topological polar surface area (TPSA) is 57.5 Å². The Labute approximate surface area is 91.1 Å². The van der Waals surface area contributed by atoms with Gasteiger partial charge in [0.1, 0.15) is 11.6 Å². The smallest absolute Gasteiger partial charge is 0.303 e. The molecule has 0 heterocycles. The molecule has 0 saturated carbocycles. The number of carboxylic acid groups (broad SMARTS) is 1. The lowest BCUT2D eigenvalue weighted by Gasteiger charge is -2.05. The van der Waals surface area contributed by atoms with E-state index in [4.69, 9.17) is 16.7 Å². The second kappa shape index (κ2) is 4.98. The largest absolute Gasteiger partial charge is 0.506 e. The molecule has 82 valence electrons. The minimum absolute atomic E-state index is 0.0203. The molecular weight excluding hydrogens is 223 g/mol. The average molecular weight is 233 g/mol. The molecule has 0 aliphatic rings. The molecule has 0 unspecified atom stereocenters. The minimum Gasteiger partial charge on any atom is -0.506 e. The van der Waals surface area contributed by atoms with Gasteiger partial charge >= 0.3 is 5.97 Å². The Morgan fingerprint density at radius 1 is 1.47 bits per heavy atom. The number of rotatable bonds is 4. The van der Waals surface area contributed by atoms with E-state index in [1.165, 1.54) is 0 Å². The van der Waals surface area contributed by atoms with E-state index in [-0.39, 0.29) is 23.6 Å². The molecule has 0 bridgehead atoms. The number of aliphatic carboxylic acids is 1. The fraction of sp³-hybridized carbons (Fsp3) is 0.300. The Balaban J connectivity index is 2.72. The van der Waals surface area contributed by atoms with E-state index in [0.29, 0.717) is 12.0 Å². The number of aryl methyl sites for hydroxylation is 1. The summed E-state index contributed by atoms with van der Waals surface area (Å²) in [6.07, 6.45) is 0.603. The summed E-state index contributed by atoms with van der Waals surface area (Å²) in [4.78, 5) is 10.2. The normalized spacial score (nSPS) is 10.3. The predicted octanol–water partition coefficient (Wildman–Crippen LogP) is 2.59. The van der Waals surface area contributed by atoms with Crippen molar-refractivity contribution in [2.45, 2.75) is 19.3 Å². The maximum absolute atomic E-state index is 12.9. The van der Waals surface area contributed by atoms with Crippen LogP contribution in [0.5, 0.6) is 5.75 Å². The fourth-order valence-corrected chi connectivity index (χ4v) is 1.47. The zero-order valence-electron chi connectivity index (χ0n) is 7.83. The van der Waals surface area contributed by atoms with Gasteiger partial charge in [0.05, 0.1) is 5.02 Å². The van der Waals surface area contributed by atoms with Crippen molar-refractivity contribution in [2.75, 3.05) is 0 Å². The summed E-state index contributed by atoms with van der Waals surface area (Å²) in [6.45, 7) is 0. The third-order valence-corrected chi connectivity index (χ3v) is 2.23. The standard InChI is InChI=1S/C10H10ClFO3/c11-8-5-7(12)4-6(10(8)15)2-1-3-9(13)14/h4-5,15H,1-3H2,(H,13,14). The number of halogens is 2. The number of carboxylic acids is 1. The van der Waals surface area contributed by atoms with Gasteiger partial charge in [-0.3, -0.25) is 4.79 Å². The van der Waals surface area contributed by atoms with E-state index in [0.717, 1.165) is 12.1 Å². The lowest BCUT2D eigenvalue weighted by Crippen LogP contribution is -1.96. The first-order chi connectivity index (χ1) is 7.00. The number of hydrogen-bond donors (Lipinski definition) is 2. The van der Waals surface area contributed by atoms with Gasteiger partial charge in [0, 0.05) is 6.42 Å². The van der Waals surface area contributed by atoms with E-state index in [2.05, 4.69) is 0 Å². The third kappa shape index (κ3) is 3.40. The van der Waals surface area contributed by atoms with Gasteiger partial charge in [-0.15, -0.1) is 0 Å². The molecule has 0 aliphatic heterocycles. The minimum atomic E-state index is -0.919. The van der Waals surface area contributed by atoms with Crippen LogP contribution < -0.4 is 0 Å². The molecule has 1 aromatic rings. The van der Waals surface area contributed by atoms with Gasteiger partial charge in [0.2, 0.25) is 0 Å². The van der Waals surface area contributed by atoms with Crippen LogP contribution in [0.4, 0.5) is 4.39 Å². The molecule has 0 spiro atoms. The molecule has 1 rings (SSSR count). The van der Waals surface area contributed by atoms with Crippen molar-refractivity contribution in [3.63, 3.8) is 0 Å². The number of phenols is 1. The first kappa shape index (κ1) is 11.8. The van der Waals surface area contributed by atoms with Crippen LogP contribution in [0, 0.1) is 5.82 Å². The zero-order chi connectivity index (χ0) is 11.4. The van der Waals surface area contributed by atoms with Gasteiger partial charge in [-0.2, -0.15) is 0 Å². The van der Waals surface area contributed by atoms with Crippen LogP contribution in [0.2, 0.25) is 5.02 Å². The molecule has 0 atom stereocenters. The Morgan fingerprint density at radius 2 is 2.13 bits per heavy atom. The van der Waals surface area contributed by atoms with Crippen LogP contribution in [0.25, 0.3) is 0 Å². The van der Waals surface area contributed by atoms with Crippen LogP contribution in [0.1, 0.15) is 18.4 Å². The van der Waals surface area contributed by atoms with Crippen molar-refractivity contribution in [3.05, 3.63) is 28.5 Å². The summed E-state index contributed by atoms with van der Waals surface area (Å²) in [5.74, 6) is -1.64. The number of aromatic hydroxyl groups is 1. The predicted molar refractivity (Wildman–Crippen MR) is 53.6 cm³/mol. The molecule has 0 radical (unpaired) electrons. The Kier molecular flexibility index (Phi) is 3.91. The van der Waals surface area contributed by atoms with E-state index in [1.54, 1.807) is 0 Å². The van der Waals surface area contributed by atoms with Crippen molar-refractivity contribution in [1.82, 2.24) is 0 Å². The molecule has 0 amide bonds. The first-order valence-electron chi connectivity index (χ1n) is 4.39. The van der Waals surface area contributed by atoms with E-state index < -0.39 is 11.8 Å². The van der Waals surface area contributed by atoms with E-state index in [1.807, 2.05) is 0 Å². The van der Waals surface area contributed by atoms with Gasteiger partial charge in [-0.25, -0.2) is 4.39 Å². The molecule has 0 saturated heterocycles. The highest BCUT2D eigenvalue weighted by Crippen LogP contribution is 2.29. The van der Waals surface area contributed by atoms with Crippen LogP contribution in [-0.2, 0) is 11.2 Å². The first-order valence-corrected chi connectivity index (χ1v) is 4.77. The number of phenolic OH excluding ortho intramolecular Hbond substituents is 1. The zero-order valence-corrected chi connectivity index (χ0v) is 8.59. The van der Waals surface area contributed by atoms with Crippen LogP contribution >= 0.6 is 11.6 Å². The molecule has 5 heteroatoms. The Bertz CT molecular complexity index is 379. The lowest BCUT2D eigenvalue weighted by molar-refractivity contribution is -0.137. The molecule has 1 aromatic carbocycles. The molecule has 3 nitrogen and oxygen atoms in total. The maximum atomic E-state index is 12.9. The van der Waals surface area contributed by atoms with Crippen molar-refractivity contribution in [1.29, 1.82) is 0 Å². The van der Waals surface area contributed by atoms with Gasteiger partial charge in [-0.1, -0.05) is 11.6 Å². The van der Waals surface area contributed by atoms with Crippen molar-refractivity contribution in [3.8, 4) is 5.75 Å². The second-order valence-electron chi connectivity index (χ2n) is 3.14. The fourth-order valence-electron chi connectivity index (χ4n) is 1.24. The Morgan fingerprint density at radius 3 is 2.73 bits per heavy atom. The highest BCUT2D eigenvalue weighted by atomic mass is 35.5. The lowest BCUT2D eigenvalue weighted by atomic mass is 10.1. The van der Waals surface area contributed by atoms with E-state index >= 15 is 0 Å².